The van der Waals surface area contributed by atoms with Crippen molar-refractivity contribution in [1.82, 2.24) is 4.90 Å². The van der Waals surface area contributed by atoms with Gasteiger partial charge in [0.1, 0.15) is 11.9 Å². The Morgan fingerprint density at radius 2 is 2.08 bits per heavy atom. The van der Waals surface area contributed by atoms with Crippen molar-refractivity contribution in [2.75, 3.05) is 26.8 Å². The Labute approximate surface area is 148 Å². The molecule has 24 heavy (non-hydrogen) atoms. The highest BCUT2D eigenvalue weighted by atomic mass is 35.5. The number of hydrogen-bond donors (Lipinski definition) is 2. The average molecular weight is 356 g/mol. The molecule has 0 aliphatic carbocycles. The lowest BCUT2D eigenvalue weighted by molar-refractivity contribution is -0.223. The minimum atomic E-state index is -1.07. The van der Waals surface area contributed by atoms with Gasteiger partial charge in [0.05, 0.1) is 29.9 Å². The molecule has 0 radical (unpaired) electrons. The summed E-state index contributed by atoms with van der Waals surface area (Å²) in [6.45, 7) is 4.54. The molecule has 0 bridgehead atoms. The smallest absolute Gasteiger partial charge is 0.137 e. The molecule has 2 aliphatic rings. The number of benzene rings is 1. The van der Waals surface area contributed by atoms with Crippen LogP contribution in [0.2, 0.25) is 5.02 Å². The fourth-order valence-corrected chi connectivity index (χ4v) is 4.04. The molecule has 3 rings (SSSR count). The number of methoxy groups -OCH3 is 1. The van der Waals surface area contributed by atoms with E-state index in [1.165, 1.54) is 0 Å². The monoisotopic (exact) mass is 355 g/mol. The third kappa shape index (κ3) is 3.70. The molecule has 2 heterocycles. The van der Waals surface area contributed by atoms with Gasteiger partial charge in [0, 0.05) is 26.1 Å². The van der Waals surface area contributed by atoms with Gasteiger partial charge in [-0.25, -0.2) is 0 Å². The highest BCUT2D eigenvalue weighted by molar-refractivity contribution is 6.32. The van der Waals surface area contributed by atoms with Crippen molar-refractivity contribution >= 4 is 11.6 Å². The Bertz CT molecular complexity index is 584. The summed E-state index contributed by atoms with van der Waals surface area (Å²) in [5, 5.41) is 20.9. The van der Waals surface area contributed by atoms with Crippen LogP contribution in [0, 0.1) is 0 Å². The van der Waals surface area contributed by atoms with E-state index in [1.54, 1.807) is 14.0 Å². The molecular weight excluding hydrogens is 330 g/mol. The minimum Gasteiger partial charge on any atom is -0.495 e. The van der Waals surface area contributed by atoms with Gasteiger partial charge in [0.15, 0.2) is 0 Å². The van der Waals surface area contributed by atoms with Crippen LogP contribution in [0.5, 0.6) is 5.75 Å². The van der Waals surface area contributed by atoms with E-state index in [9.17, 15) is 10.2 Å². The fourth-order valence-electron chi connectivity index (χ4n) is 3.76. The van der Waals surface area contributed by atoms with Gasteiger partial charge in [-0.2, -0.15) is 0 Å². The van der Waals surface area contributed by atoms with Gasteiger partial charge < -0.3 is 19.7 Å². The van der Waals surface area contributed by atoms with Gasteiger partial charge in [-0.3, -0.25) is 4.90 Å². The Hall–Kier alpha value is -0.850. The van der Waals surface area contributed by atoms with E-state index >= 15 is 0 Å². The van der Waals surface area contributed by atoms with Gasteiger partial charge in [0.2, 0.25) is 0 Å². The summed E-state index contributed by atoms with van der Waals surface area (Å²) >= 11 is 6.19. The van der Waals surface area contributed by atoms with Gasteiger partial charge in [-0.15, -0.1) is 0 Å². The van der Waals surface area contributed by atoms with E-state index in [-0.39, 0.29) is 12.2 Å². The molecule has 1 aromatic carbocycles. The number of ether oxygens (including phenoxy) is 2. The zero-order valence-electron chi connectivity index (χ0n) is 14.3. The second-order valence-electron chi connectivity index (χ2n) is 7.29. The second kappa shape index (κ2) is 6.81. The average Bonchev–Trinajstić information content (AvgIpc) is 2.54. The lowest BCUT2D eigenvalue weighted by Crippen LogP contribution is -2.59. The molecule has 2 saturated heterocycles. The summed E-state index contributed by atoms with van der Waals surface area (Å²) in [6, 6.07) is 5.88. The molecule has 2 fully saturated rings. The molecular formula is C18H26ClNO4. The van der Waals surface area contributed by atoms with Crippen LogP contribution in [0.1, 0.15) is 31.7 Å². The number of aliphatic hydroxyl groups is 2. The van der Waals surface area contributed by atoms with Gasteiger partial charge in [0.25, 0.3) is 0 Å². The first-order valence-corrected chi connectivity index (χ1v) is 8.81. The number of piperidine rings is 1. The topological polar surface area (TPSA) is 62.2 Å². The van der Waals surface area contributed by atoms with E-state index in [4.69, 9.17) is 21.1 Å². The third-order valence-corrected chi connectivity index (χ3v) is 5.63. The SMILES string of the molecule is COc1ccc(CN2CCC3(CC2)C[C@](C)(O)[C@@H](O)CO3)cc1Cl. The molecule has 6 heteroatoms. The van der Waals surface area contributed by atoms with Crippen LogP contribution in [-0.2, 0) is 11.3 Å². The van der Waals surface area contributed by atoms with Crippen molar-refractivity contribution in [3.8, 4) is 5.75 Å². The number of nitrogens with zero attached hydrogens (tertiary/aromatic N) is 1. The molecule has 0 saturated carbocycles. The first-order chi connectivity index (χ1) is 11.3. The Kier molecular flexibility index (Phi) is 5.09. The maximum atomic E-state index is 10.4. The zero-order chi connectivity index (χ0) is 17.4. The normalized spacial score (nSPS) is 30.5. The first-order valence-electron chi connectivity index (χ1n) is 8.43. The third-order valence-electron chi connectivity index (χ3n) is 5.34. The first kappa shape index (κ1) is 18.0. The molecule has 2 aliphatic heterocycles. The fraction of sp³-hybridized carbons (Fsp3) is 0.667. The Balaban J connectivity index is 1.58. The lowest BCUT2D eigenvalue weighted by Gasteiger charge is -2.50. The van der Waals surface area contributed by atoms with Crippen LogP contribution < -0.4 is 4.74 Å². The van der Waals surface area contributed by atoms with Crippen molar-refractivity contribution in [3.05, 3.63) is 28.8 Å². The van der Waals surface area contributed by atoms with Crippen molar-refractivity contribution in [2.45, 2.75) is 50.0 Å². The summed E-state index contributed by atoms with van der Waals surface area (Å²) in [5.74, 6) is 0.689. The number of aliphatic hydroxyl groups excluding tert-OH is 1. The van der Waals surface area contributed by atoms with Crippen molar-refractivity contribution < 1.29 is 19.7 Å². The van der Waals surface area contributed by atoms with Crippen LogP contribution in [0.25, 0.3) is 0 Å². The van der Waals surface area contributed by atoms with Crippen LogP contribution in [-0.4, -0.2) is 59.2 Å². The highest BCUT2D eigenvalue weighted by Crippen LogP contribution is 2.39. The number of halogens is 1. The number of likely N-dealkylation sites (tertiary alicyclic amines) is 1. The van der Waals surface area contributed by atoms with Crippen molar-refractivity contribution in [1.29, 1.82) is 0 Å². The van der Waals surface area contributed by atoms with Gasteiger partial charge in [-0.1, -0.05) is 17.7 Å². The van der Waals surface area contributed by atoms with E-state index < -0.39 is 11.7 Å². The van der Waals surface area contributed by atoms with Crippen molar-refractivity contribution in [2.24, 2.45) is 0 Å². The van der Waals surface area contributed by atoms with E-state index in [0.717, 1.165) is 38.0 Å². The second-order valence-corrected chi connectivity index (χ2v) is 7.70. The molecule has 1 aromatic rings. The Morgan fingerprint density at radius 3 is 2.67 bits per heavy atom. The summed E-state index contributed by atoms with van der Waals surface area (Å²) in [7, 11) is 1.61. The lowest BCUT2D eigenvalue weighted by atomic mass is 9.76. The van der Waals surface area contributed by atoms with Gasteiger partial charge in [-0.05, 0) is 37.5 Å². The standard InChI is InChI=1S/C18H26ClNO4/c1-17(22)12-18(24-11-16(17)21)5-7-20(8-6-18)10-13-3-4-15(23-2)14(19)9-13/h3-4,9,16,21-22H,5-8,10-12H2,1-2H3/t16-,17-/m0/s1. The maximum absolute atomic E-state index is 10.4. The summed E-state index contributed by atoms with van der Waals surface area (Å²) in [6.07, 6.45) is 1.41. The summed E-state index contributed by atoms with van der Waals surface area (Å²) in [5.41, 5.74) is -0.218. The Morgan fingerprint density at radius 1 is 1.38 bits per heavy atom. The predicted molar refractivity (Wildman–Crippen MR) is 92.4 cm³/mol. The summed E-state index contributed by atoms with van der Waals surface area (Å²) in [4.78, 5) is 2.37. The number of rotatable bonds is 3. The van der Waals surface area contributed by atoms with Crippen molar-refractivity contribution in [3.63, 3.8) is 0 Å². The molecule has 0 amide bonds. The van der Waals surface area contributed by atoms with E-state index in [2.05, 4.69) is 4.90 Å². The predicted octanol–water partition coefficient (Wildman–Crippen LogP) is 2.22. The molecule has 134 valence electrons. The summed E-state index contributed by atoms with van der Waals surface area (Å²) < 4.78 is 11.1. The largest absolute Gasteiger partial charge is 0.495 e. The zero-order valence-corrected chi connectivity index (χ0v) is 15.1. The van der Waals surface area contributed by atoms with Gasteiger partial charge >= 0.3 is 0 Å². The molecule has 2 atom stereocenters. The van der Waals surface area contributed by atoms with Crippen LogP contribution in [0.4, 0.5) is 0 Å². The minimum absolute atomic E-state index is 0.209. The van der Waals surface area contributed by atoms with Crippen LogP contribution >= 0.6 is 11.6 Å². The maximum Gasteiger partial charge on any atom is 0.137 e. The molecule has 2 N–H and O–H groups in total. The van der Waals surface area contributed by atoms with E-state index in [0.29, 0.717) is 17.2 Å². The van der Waals surface area contributed by atoms with Crippen LogP contribution in [0.15, 0.2) is 18.2 Å². The van der Waals surface area contributed by atoms with Crippen LogP contribution in [0.3, 0.4) is 0 Å². The molecule has 5 nitrogen and oxygen atoms in total. The number of hydrogen-bond acceptors (Lipinski definition) is 5. The van der Waals surface area contributed by atoms with E-state index in [1.807, 2.05) is 18.2 Å². The highest BCUT2D eigenvalue weighted by Gasteiger charge is 2.48. The molecule has 0 aromatic heterocycles. The quantitative estimate of drug-likeness (QED) is 0.870. The molecule has 1 spiro atoms. The molecule has 0 unspecified atom stereocenters.